The molecule has 0 N–H and O–H groups in total. The lowest BCUT2D eigenvalue weighted by atomic mass is 10.1. The van der Waals surface area contributed by atoms with Crippen molar-refractivity contribution in [2.45, 2.75) is 6.18 Å². The maximum atomic E-state index is 13.2. The molecule has 84 valence electrons. The smallest absolute Gasteiger partial charge is 0.342 e. The fraction of sp³-hybridized carbons (Fsp3) is 0.111. The molecule has 2 rings (SSSR count). The minimum Gasteiger partial charge on any atom is -0.342 e. The van der Waals surface area contributed by atoms with Crippen molar-refractivity contribution in [3.63, 3.8) is 0 Å². The number of nitrogens with zero attached hydrogens (tertiary/aromatic N) is 2. The maximum Gasteiger partial charge on any atom is 0.416 e. The van der Waals surface area contributed by atoms with Gasteiger partial charge in [0.1, 0.15) is 5.82 Å². The van der Waals surface area contributed by atoms with Crippen LogP contribution in [0.25, 0.3) is 11.4 Å². The highest BCUT2D eigenvalue weighted by Crippen LogP contribution is 2.32. The molecule has 7 heteroatoms. The van der Waals surface area contributed by atoms with Crippen LogP contribution in [0.4, 0.5) is 17.6 Å². The highest BCUT2D eigenvalue weighted by molar-refractivity contribution is 5.56. The monoisotopic (exact) mass is 232 g/mol. The van der Waals surface area contributed by atoms with Gasteiger partial charge in [0.2, 0.25) is 12.2 Å². The molecule has 1 aromatic carbocycles. The second-order valence-electron chi connectivity index (χ2n) is 2.95. The quantitative estimate of drug-likeness (QED) is 0.709. The van der Waals surface area contributed by atoms with E-state index < -0.39 is 17.6 Å². The van der Waals surface area contributed by atoms with Crippen LogP contribution >= 0.6 is 0 Å². The van der Waals surface area contributed by atoms with Crippen LogP contribution < -0.4 is 0 Å². The predicted molar refractivity (Wildman–Crippen MR) is 44.7 cm³/mol. The second-order valence-corrected chi connectivity index (χ2v) is 2.95. The molecule has 0 aliphatic heterocycles. The minimum absolute atomic E-state index is 0.219. The molecule has 2 aromatic rings. The van der Waals surface area contributed by atoms with Crippen LogP contribution in [0.1, 0.15) is 5.56 Å². The molecule has 1 heterocycles. The van der Waals surface area contributed by atoms with E-state index in [2.05, 4.69) is 14.7 Å². The summed E-state index contributed by atoms with van der Waals surface area (Å²) >= 11 is 0. The average Bonchev–Trinajstić information content (AvgIpc) is 2.69. The van der Waals surface area contributed by atoms with E-state index in [9.17, 15) is 17.6 Å². The van der Waals surface area contributed by atoms with E-state index in [0.717, 1.165) is 6.39 Å². The molecule has 0 aliphatic rings. The number of hydrogen-bond donors (Lipinski definition) is 0. The molecule has 0 saturated carbocycles. The number of benzene rings is 1. The maximum absolute atomic E-state index is 13.2. The first-order valence-electron chi connectivity index (χ1n) is 4.12. The van der Waals surface area contributed by atoms with Gasteiger partial charge in [-0.3, -0.25) is 0 Å². The SMILES string of the molecule is Fc1ccc(C(F)(F)F)cc1-c1ncon1. The second kappa shape index (κ2) is 3.58. The van der Waals surface area contributed by atoms with Gasteiger partial charge in [0.05, 0.1) is 11.1 Å². The molecule has 0 bridgehead atoms. The summed E-state index contributed by atoms with van der Waals surface area (Å²) in [6.45, 7) is 0. The van der Waals surface area contributed by atoms with E-state index in [0.29, 0.717) is 18.2 Å². The zero-order chi connectivity index (χ0) is 11.8. The van der Waals surface area contributed by atoms with Crippen LogP contribution in [0, 0.1) is 5.82 Å². The Hall–Kier alpha value is -1.92. The predicted octanol–water partition coefficient (Wildman–Crippen LogP) is 2.89. The van der Waals surface area contributed by atoms with Crippen LogP contribution in [0.2, 0.25) is 0 Å². The standard InChI is InChI=1S/C9H4F4N2O/c10-7-2-1-5(9(11,12)13)3-6(7)8-14-4-16-15-8/h1-4H. The highest BCUT2D eigenvalue weighted by Gasteiger charge is 2.31. The third-order valence-electron chi connectivity index (χ3n) is 1.90. The fourth-order valence-electron chi connectivity index (χ4n) is 1.16. The van der Waals surface area contributed by atoms with Crippen molar-refractivity contribution in [2.24, 2.45) is 0 Å². The summed E-state index contributed by atoms with van der Waals surface area (Å²) in [5.74, 6) is -1.06. The summed E-state index contributed by atoms with van der Waals surface area (Å²) in [4.78, 5) is 3.49. The minimum atomic E-state index is -4.54. The lowest BCUT2D eigenvalue weighted by Gasteiger charge is -2.07. The lowest BCUT2D eigenvalue weighted by Crippen LogP contribution is -2.05. The van der Waals surface area contributed by atoms with Gasteiger partial charge in [-0.2, -0.15) is 18.2 Å². The summed E-state index contributed by atoms with van der Waals surface area (Å²) in [6, 6.07) is 2.01. The molecular formula is C9H4F4N2O. The fourth-order valence-corrected chi connectivity index (χ4v) is 1.16. The summed E-state index contributed by atoms with van der Waals surface area (Å²) < 4.78 is 54.6. The Morgan fingerprint density at radius 1 is 1.19 bits per heavy atom. The van der Waals surface area contributed by atoms with Gasteiger partial charge >= 0.3 is 6.18 Å². The van der Waals surface area contributed by atoms with Crippen molar-refractivity contribution in [1.82, 2.24) is 10.1 Å². The number of aromatic nitrogens is 2. The van der Waals surface area contributed by atoms with Crippen LogP contribution in [0.3, 0.4) is 0 Å². The van der Waals surface area contributed by atoms with Gasteiger partial charge in [0.25, 0.3) is 0 Å². The van der Waals surface area contributed by atoms with Crippen LogP contribution in [0.15, 0.2) is 29.1 Å². The van der Waals surface area contributed by atoms with Gasteiger partial charge in [-0.1, -0.05) is 5.16 Å². The van der Waals surface area contributed by atoms with E-state index in [4.69, 9.17) is 0 Å². The normalized spacial score (nSPS) is 11.8. The highest BCUT2D eigenvalue weighted by atomic mass is 19.4. The van der Waals surface area contributed by atoms with E-state index in [1.807, 2.05) is 0 Å². The van der Waals surface area contributed by atoms with Gasteiger partial charge in [0.15, 0.2) is 0 Å². The Bertz CT molecular complexity index is 493. The summed E-state index contributed by atoms with van der Waals surface area (Å²) in [5, 5.41) is 3.28. The molecular weight excluding hydrogens is 228 g/mol. The van der Waals surface area contributed by atoms with Gasteiger partial charge in [-0.05, 0) is 18.2 Å². The third kappa shape index (κ3) is 1.88. The number of halogens is 4. The first-order chi connectivity index (χ1) is 7.48. The Morgan fingerprint density at radius 3 is 2.50 bits per heavy atom. The number of rotatable bonds is 1. The van der Waals surface area contributed by atoms with Crippen LogP contribution in [-0.2, 0) is 6.18 Å². The zero-order valence-electron chi connectivity index (χ0n) is 7.62. The summed E-state index contributed by atoms with van der Waals surface area (Å²) in [5.41, 5.74) is -1.31. The van der Waals surface area contributed by atoms with Gasteiger partial charge < -0.3 is 4.52 Å². The van der Waals surface area contributed by atoms with E-state index >= 15 is 0 Å². The number of hydrogen-bond acceptors (Lipinski definition) is 3. The zero-order valence-corrected chi connectivity index (χ0v) is 7.62. The Labute approximate surface area is 86.7 Å². The molecule has 0 aliphatic carbocycles. The number of alkyl halides is 3. The van der Waals surface area contributed by atoms with Crippen LogP contribution in [0.5, 0.6) is 0 Å². The molecule has 0 unspecified atom stereocenters. The Kier molecular flexibility index (Phi) is 2.37. The Balaban J connectivity index is 2.54. The van der Waals surface area contributed by atoms with Crippen LogP contribution in [-0.4, -0.2) is 10.1 Å². The molecule has 0 fully saturated rings. The van der Waals surface area contributed by atoms with Crippen molar-refractivity contribution in [2.75, 3.05) is 0 Å². The van der Waals surface area contributed by atoms with Gasteiger partial charge in [-0.15, -0.1) is 0 Å². The largest absolute Gasteiger partial charge is 0.416 e. The first kappa shape index (κ1) is 10.6. The molecule has 3 nitrogen and oxygen atoms in total. The van der Waals surface area contributed by atoms with Crippen molar-refractivity contribution in [3.05, 3.63) is 36.0 Å². The lowest BCUT2D eigenvalue weighted by molar-refractivity contribution is -0.137. The average molecular weight is 232 g/mol. The molecule has 0 spiro atoms. The van der Waals surface area contributed by atoms with Crippen molar-refractivity contribution < 1.29 is 22.1 Å². The molecule has 0 saturated heterocycles. The molecule has 0 atom stereocenters. The van der Waals surface area contributed by atoms with Crippen molar-refractivity contribution >= 4 is 0 Å². The molecule has 16 heavy (non-hydrogen) atoms. The summed E-state index contributed by atoms with van der Waals surface area (Å²) in [6.07, 6.45) is -3.62. The molecule has 0 radical (unpaired) electrons. The first-order valence-corrected chi connectivity index (χ1v) is 4.12. The van der Waals surface area contributed by atoms with Gasteiger partial charge in [0, 0.05) is 0 Å². The van der Waals surface area contributed by atoms with Crippen molar-refractivity contribution in [1.29, 1.82) is 0 Å². The third-order valence-corrected chi connectivity index (χ3v) is 1.90. The van der Waals surface area contributed by atoms with Crippen molar-refractivity contribution in [3.8, 4) is 11.4 Å². The molecule has 1 aromatic heterocycles. The topological polar surface area (TPSA) is 38.9 Å². The Morgan fingerprint density at radius 2 is 1.94 bits per heavy atom. The summed E-state index contributed by atoms with van der Waals surface area (Å²) in [7, 11) is 0. The van der Waals surface area contributed by atoms with E-state index in [1.54, 1.807) is 0 Å². The van der Waals surface area contributed by atoms with Gasteiger partial charge in [-0.25, -0.2) is 4.39 Å². The van der Waals surface area contributed by atoms with E-state index in [1.165, 1.54) is 0 Å². The van der Waals surface area contributed by atoms with E-state index in [-0.39, 0.29) is 11.4 Å². The molecule has 0 amide bonds.